The van der Waals surface area contributed by atoms with E-state index >= 15 is 0 Å². The average Bonchev–Trinajstić information content (AvgIpc) is 3.23. The van der Waals surface area contributed by atoms with E-state index in [1.807, 2.05) is 0 Å². The van der Waals surface area contributed by atoms with Crippen molar-refractivity contribution in [2.75, 3.05) is 35.5 Å². The Morgan fingerprint density at radius 3 is 2.03 bits per heavy atom. The second-order valence-corrected chi connectivity index (χ2v) is 6.26. The van der Waals surface area contributed by atoms with Crippen LogP contribution in [0.25, 0.3) is 0 Å². The molecule has 0 saturated carbocycles. The number of rotatable bonds is 7. The molecule has 2 aromatic rings. The minimum Gasteiger partial charge on any atom is -0.497 e. The van der Waals surface area contributed by atoms with E-state index in [2.05, 4.69) is 5.10 Å². The van der Waals surface area contributed by atoms with Gasteiger partial charge >= 0.3 is 0 Å². The summed E-state index contributed by atoms with van der Waals surface area (Å²) in [5.41, 5.74) is 1.19. The maximum absolute atomic E-state index is 12.3. The molecule has 1 atom stereocenters. The highest BCUT2D eigenvalue weighted by molar-refractivity contribution is 5.97. The summed E-state index contributed by atoms with van der Waals surface area (Å²) in [4.78, 5) is 12.3. The fraction of sp³-hybridized carbons (Fsp3) is 0.333. The second-order valence-electron chi connectivity index (χ2n) is 6.26. The zero-order valence-electron chi connectivity index (χ0n) is 17.7. The molecule has 30 heavy (non-hydrogen) atoms. The Morgan fingerprint density at radius 2 is 1.53 bits per heavy atom. The Balaban J connectivity index is 2.04. The Hall–Kier alpha value is -3.62. The number of nitrogens with zero attached hydrogens (tertiary/aromatic N) is 2. The average molecular weight is 416 g/mol. The Kier molecular flexibility index (Phi) is 6.20. The third-order valence-corrected chi connectivity index (χ3v) is 4.58. The zero-order valence-corrected chi connectivity index (χ0v) is 17.7. The molecule has 9 nitrogen and oxygen atoms in total. The first kappa shape index (κ1) is 21.1. The first-order chi connectivity index (χ1) is 14.5. The van der Waals surface area contributed by atoms with Gasteiger partial charge in [-0.2, -0.15) is 5.01 Å². The first-order valence-corrected chi connectivity index (χ1v) is 9.04. The van der Waals surface area contributed by atoms with E-state index < -0.39 is 6.23 Å². The van der Waals surface area contributed by atoms with Crippen LogP contribution in [0.4, 0.5) is 0 Å². The molecule has 0 spiro atoms. The van der Waals surface area contributed by atoms with Gasteiger partial charge in [-0.05, 0) is 24.3 Å². The van der Waals surface area contributed by atoms with Gasteiger partial charge in [-0.15, -0.1) is 5.10 Å². The number of carbonyl (C=O) groups excluding carboxylic acids is 1. The lowest BCUT2D eigenvalue weighted by Crippen LogP contribution is -2.25. The SMILES string of the molecule is COc1ccc([C@@H]2OC(c3cc(OC)c(OC)c(OC)c3)=NN2C(C)=O)c(OC)c1. The zero-order chi connectivity index (χ0) is 21.8. The van der Waals surface area contributed by atoms with Gasteiger partial charge in [-0.25, -0.2) is 0 Å². The number of methoxy groups -OCH3 is 5. The summed E-state index contributed by atoms with van der Waals surface area (Å²) in [6.07, 6.45) is -0.808. The minimum absolute atomic E-state index is 0.229. The van der Waals surface area contributed by atoms with Crippen LogP contribution in [0.15, 0.2) is 35.4 Å². The van der Waals surface area contributed by atoms with Gasteiger partial charge in [0.15, 0.2) is 11.5 Å². The molecule has 0 radical (unpaired) electrons. The molecule has 0 N–H and O–H groups in total. The molecule has 3 rings (SSSR count). The Morgan fingerprint density at radius 1 is 0.900 bits per heavy atom. The number of hydrazone groups is 1. The van der Waals surface area contributed by atoms with Crippen LogP contribution in [-0.4, -0.2) is 52.4 Å². The molecule has 9 heteroatoms. The van der Waals surface area contributed by atoms with Crippen LogP contribution < -0.4 is 23.7 Å². The number of hydrogen-bond acceptors (Lipinski definition) is 8. The third-order valence-electron chi connectivity index (χ3n) is 4.58. The van der Waals surface area contributed by atoms with Crippen molar-refractivity contribution in [3.8, 4) is 28.7 Å². The molecular weight excluding hydrogens is 392 g/mol. The van der Waals surface area contributed by atoms with Crippen LogP contribution in [0.3, 0.4) is 0 Å². The maximum Gasteiger partial charge on any atom is 0.243 e. The number of amides is 1. The number of benzene rings is 2. The van der Waals surface area contributed by atoms with Crippen molar-refractivity contribution >= 4 is 11.8 Å². The molecule has 160 valence electrons. The van der Waals surface area contributed by atoms with Gasteiger partial charge in [0, 0.05) is 18.6 Å². The van der Waals surface area contributed by atoms with Crippen LogP contribution >= 0.6 is 0 Å². The molecule has 0 unspecified atom stereocenters. The van der Waals surface area contributed by atoms with Crippen LogP contribution in [0, 0.1) is 0 Å². The number of carbonyl (C=O) groups is 1. The van der Waals surface area contributed by atoms with Crippen molar-refractivity contribution < 1.29 is 33.2 Å². The number of hydrogen-bond donors (Lipinski definition) is 0. The van der Waals surface area contributed by atoms with Crippen LogP contribution in [0.1, 0.15) is 24.3 Å². The molecular formula is C21H24N2O7. The van der Waals surface area contributed by atoms with E-state index in [4.69, 9.17) is 28.4 Å². The van der Waals surface area contributed by atoms with Crippen molar-refractivity contribution in [1.29, 1.82) is 0 Å². The van der Waals surface area contributed by atoms with Gasteiger partial charge in [0.1, 0.15) is 11.5 Å². The molecule has 1 heterocycles. The molecule has 0 fully saturated rings. The number of ether oxygens (including phenoxy) is 6. The lowest BCUT2D eigenvalue weighted by molar-refractivity contribution is -0.135. The van der Waals surface area contributed by atoms with Gasteiger partial charge in [0.25, 0.3) is 0 Å². The minimum atomic E-state index is -0.808. The molecule has 0 aromatic heterocycles. The van der Waals surface area contributed by atoms with Crippen LogP contribution in [0.5, 0.6) is 28.7 Å². The summed E-state index contributed by atoms with van der Waals surface area (Å²) in [7, 11) is 7.66. The monoisotopic (exact) mass is 416 g/mol. The van der Waals surface area contributed by atoms with Gasteiger partial charge in [0.05, 0.1) is 41.1 Å². The van der Waals surface area contributed by atoms with Crippen molar-refractivity contribution in [3.05, 3.63) is 41.5 Å². The first-order valence-electron chi connectivity index (χ1n) is 9.04. The molecule has 0 saturated heterocycles. The molecule has 2 aromatic carbocycles. The molecule has 1 aliphatic heterocycles. The van der Waals surface area contributed by atoms with E-state index in [-0.39, 0.29) is 11.8 Å². The highest BCUT2D eigenvalue weighted by Crippen LogP contribution is 2.41. The largest absolute Gasteiger partial charge is 0.497 e. The summed E-state index contributed by atoms with van der Waals surface area (Å²) in [5, 5.41) is 5.63. The summed E-state index contributed by atoms with van der Waals surface area (Å²) in [6, 6.07) is 8.65. The topological polar surface area (TPSA) is 88.1 Å². The van der Waals surface area contributed by atoms with Gasteiger partial charge < -0.3 is 28.4 Å². The van der Waals surface area contributed by atoms with E-state index in [9.17, 15) is 4.79 Å². The van der Waals surface area contributed by atoms with E-state index in [1.165, 1.54) is 40.4 Å². The second kappa shape index (κ2) is 8.81. The van der Waals surface area contributed by atoms with E-state index in [0.717, 1.165) is 0 Å². The van der Waals surface area contributed by atoms with E-state index in [1.54, 1.807) is 37.4 Å². The quantitative estimate of drug-likeness (QED) is 0.686. The normalized spacial score (nSPS) is 15.2. The Bertz CT molecular complexity index is 949. The smallest absolute Gasteiger partial charge is 0.243 e. The fourth-order valence-electron chi connectivity index (χ4n) is 3.11. The maximum atomic E-state index is 12.3. The predicted molar refractivity (Wildman–Crippen MR) is 109 cm³/mol. The van der Waals surface area contributed by atoms with Crippen molar-refractivity contribution in [3.63, 3.8) is 0 Å². The summed E-state index contributed by atoms with van der Waals surface area (Å²) >= 11 is 0. The third kappa shape index (κ3) is 3.78. The summed E-state index contributed by atoms with van der Waals surface area (Å²) < 4.78 is 32.9. The van der Waals surface area contributed by atoms with Crippen LogP contribution in [-0.2, 0) is 9.53 Å². The molecule has 1 amide bonds. The summed E-state index contributed by atoms with van der Waals surface area (Å²) in [5.74, 6) is 2.39. The molecule has 0 bridgehead atoms. The molecule has 0 aliphatic carbocycles. The van der Waals surface area contributed by atoms with Crippen LogP contribution in [0.2, 0.25) is 0 Å². The van der Waals surface area contributed by atoms with E-state index in [0.29, 0.717) is 39.9 Å². The standard InChI is InChI=1S/C21H24N2O7/c1-12(24)23-21(15-8-7-14(25-2)11-16(15)26-3)30-20(22-23)13-9-17(27-4)19(29-6)18(10-13)28-5/h7-11,21H,1-6H3/t21-/m0/s1. The lowest BCUT2D eigenvalue weighted by atomic mass is 10.1. The summed E-state index contributed by atoms with van der Waals surface area (Å²) in [6.45, 7) is 1.41. The van der Waals surface area contributed by atoms with Crippen molar-refractivity contribution in [2.45, 2.75) is 13.2 Å². The van der Waals surface area contributed by atoms with Gasteiger partial charge in [0.2, 0.25) is 23.8 Å². The molecule has 1 aliphatic rings. The highest BCUT2D eigenvalue weighted by Gasteiger charge is 2.36. The lowest BCUT2D eigenvalue weighted by Gasteiger charge is -2.21. The fourth-order valence-corrected chi connectivity index (χ4v) is 3.11. The highest BCUT2D eigenvalue weighted by atomic mass is 16.5. The van der Waals surface area contributed by atoms with Gasteiger partial charge in [-0.3, -0.25) is 4.79 Å². The Labute approximate surface area is 174 Å². The van der Waals surface area contributed by atoms with Crippen molar-refractivity contribution in [1.82, 2.24) is 5.01 Å². The predicted octanol–water partition coefficient (Wildman–Crippen LogP) is 2.97. The van der Waals surface area contributed by atoms with Gasteiger partial charge in [-0.1, -0.05) is 0 Å². The van der Waals surface area contributed by atoms with Crippen molar-refractivity contribution in [2.24, 2.45) is 5.10 Å².